The number of amides is 1. The molecule has 21 heavy (non-hydrogen) atoms. The highest BCUT2D eigenvalue weighted by molar-refractivity contribution is 6.06. The molecule has 0 bridgehead atoms. The van der Waals surface area contributed by atoms with Crippen LogP contribution < -0.4 is 10.6 Å². The lowest BCUT2D eigenvalue weighted by Gasteiger charge is -2.27. The molecule has 1 aromatic heterocycles. The summed E-state index contributed by atoms with van der Waals surface area (Å²) in [6.45, 7) is 4.26. The minimum absolute atomic E-state index is 0.0653. The van der Waals surface area contributed by atoms with Crippen LogP contribution in [-0.2, 0) is 6.54 Å². The van der Waals surface area contributed by atoms with Crippen molar-refractivity contribution in [2.75, 3.05) is 4.90 Å². The first-order valence-electron chi connectivity index (χ1n) is 6.76. The highest BCUT2D eigenvalue weighted by atomic mass is 19.1. The van der Waals surface area contributed by atoms with Crippen molar-refractivity contribution in [3.05, 3.63) is 59.7 Å². The molecule has 2 aromatic rings. The first kappa shape index (κ1) is 15.1. The van der Waals surface area contributed by atoms with Crippen molar-refractivity contribution in [3.8, 4) is 0 Å². The number of aromatic nitrogens is 1. The van der Waals surface area contributed by atoms with Crippen molar-refractivity contribution in [1.82, 2.24) is 4.98 Å². The van der Waals surface area contributed by atoms with E-state index in [1.54, 1.807) is 4.90 Å². The van der Waals surface area contributed by atoms with Crippen LogP contribution in [0.2, 0.25) is 0 Å². The molecular weight excluding hydrogens is 269 g/mol. The predicted molar refractivity (Wildman–Crippen MR) is 80.5 cm³/mol. The normalized spacial score (nSPS) is 10.7. The van der Waals surface area contributed by atoms with Crippen LogP contribution in [0.3, 0.4) is 0 Å². The molecule has 0 saturated heterocycles. The summed E-state index contributed by atoms with van der Waals surface area (Å²) < 4.78 is 13.2. The molecule has 0 radical (unpaired) electrons. The van der Waals surface area contributed by atoms with E-state index in [-0.39, 0.29) is 17.5 Å². The lowest BCUT2D eigenvalue weighted by Crippen LogP contribution is -2.37. The van der Waals surface area contributed by atoms with Crippen LogP contribution in [0.1, 0.15) is 29.8 Å². The summed E-state index contributed by atoms with van der Waals surface area (Å²) in [6, 6.07) is 8.56. The average molecular weight is 287 g/mol. The van der Waals surface area contributed by atoms with Crippen LogP contribution in [0.15, 0.2) is 42.7 Å². The van der Waals surface area contributed by atoms with Crippen molar-refractivity contribution < 1.29 is 9.18 Å². The molecule has 0 spiro atoms. The first-order chi connectivity index (χ1) is 10.0. The van der Waals surface area contributed by atoms with Gasteiger partial charge < -0.3 is 10.6 Å². The maximum atomic E-state index is 13.2. The Balaban J connectivity index is 2.36. The second-order valence-electron chi connectivity index (χ2n) is 5.03. The smallest absolute Gasteiger partial charge is 0.260 e. The summed E-state index contributed by atoms with van der Waals surface area (Å²) in [4.78, 5) is 17.9. The fraction of sp³-hybridized carbons (Fsp3) is 0.250. The maximum Gasteiger partial charge on any atom is 0.260 e. The zero-order valence-corrected chi connectivity index (χ0v) is 12.1. The van der Waals surface area contributed by atoms with Crippen molar-refractivity contribution >= 4 is 11.6 Å². The number of nitrogens with two attached hydrogens (primary N) is 1. The first-order valence-corrected chi connectivity index (χ1v) is 6.76. The average Bonchev–Trinajstić information content (AvgIpc) is 2.47. The Labute approximate surface area is 123 Å². The van der Waals surface area contributed by atoms with E-state index in [1.165, 1.54) is 12.3 Å². The van der Waals surface area contributed by atoms with Crippen LogP contribution >= 0.6 is 0 Å². The third-order valence-electron chi connectivity index (χ3n) is 3.14. The van der Waals surface area contributed by atoms with Gasteiger partial charge in [-0.15, -0.1) is 0 Å². The van der Waals surface area contributed by atoms with Gasteiger partial charge in [-0.05, 0) is 37.6 Å². The van der Waals surface area contributed by atoms with Crippen LogP contribution in [0.4, 0.5) is 10.1 Å². The van der Waals surface area contributed by atoms with Gasteiger partial charge >= 0.3 is 0 Å². The van der Waals surface area contributed by atoms with E-state index in [2.05, 4.69) is 4.98 Å². The molecule has 0 unspecified atom stereocenters. The molecule has 0 aliphatic heterocycles. The Morgan fingerprint density at radius 3 is 2.48 bits per heavy atom. The molecular formula is C16H18FN3O. The van der Waals surface area contributed by atoms with Gasteiger partial charge in [0, 0.05) is 24.5 Å². The highest BCUT2D eigenvalue weighted by Crippen LogP contribution is 2.21. The summed E-state index contributed by atoms with van der Waals surface area (Å²) in [5.41, 5.74) is 7.54. The topological polar surface area (TPSA) is 59.2 Å². The number of halogens is 1. The maximum absolute atomic E-state index is 13.2. The molecule has 0 aliphatic carbocycles. The van der Waals surface area contributed by atoms with Crippen LogP contribution in [0.25, 0.3) is 0 Å². The predicted octanol–water partition coefficient (Wildman–Crippen LogP) is 2.73. The summed E-state index contributed by atoms with van der Waals surface area (Å²) in [5, 5.41) is 0. The van der Waals surface area contributed by atoms with Gasteiger partial charge in [-0.1, -0.05) is 12.1 Å². The molecule has 0 fully saturated rings. The Morgan fingerprint density at radius 2 is 1.95 bits per heavy atom. The van der Waals surface area contributed by atoms with Gasteiger partial charge in [-0.2, -0.15) is 0 Å². The number of hydrogen-bond donors (Lipinski definition) is 1. The molecule has 110 valence electrons. The Bertz CT molecular complexity index is 626. The van der Waals surface area contributed by atoms with Crippen molar-refractivity contribution in [2.24, 2.45) is 5.73 Å². The molecule has 1 aromatic carbocycles. The molecule has 5 heteroatoms. The van der Waals surface area contributed by atoms with Gasteiger partial charge in [0.2, 0.25) is 0 Å². The van der Waals surface area contributed by atoms with Gasteiger partial charge in [0.1, 0.15) is 5.82 Å². The summed E-state index contributed by atoms with van der Waals surface area (Å²) in [6.07, 6.45) is 2.45. The van der Waals surface area contributed by atoms with Crippen LogP contribution in [-0.4, -0.2) is 16.9 Å². The monoisotopic (exact) mass is 287 g/mol. The Morgan fingerprint density at radius 1 is 1.29 bits per heavy atom. The fourth-order valence-corrected chi connectivity index (χ4v) is 2.11. The number of rotatable bonds is 4. The van der Waals surface area contributed by atoms with E-state index < -0.39 is 5.82 Å². The van der Waals surface area contributed by atoms with Crippen LogP contribution in [0.5, 0.6) is 0 Å². The van der Waals surface area contributed by atoms with Crippen molar-refractivity contribution in [1.29, 1.82) is 0 Å². The molecule has 0 atom stereocenters. The molecule has 1 amide bonds. The molecule has 2 rings (SSSR count). The quantitative estimate of drug-likeness (QED) is 0.940. The number of nitrogens with zero attached hydrogens (tertiary/aromatic N) is 2. The molecule has 1 heterocycles. The Hall–Kier alpha value is -2.27. The van der Waals surface area contributed by atoms with Gasteiger partial charge in [0.25, 0.3) is 5.91 Å². The fourth-order valence-electron chi connectivity index (χ4n) is 2.11. The van der Waals surface area contributed by atoms with Crippen molar-refractivity contribution in [3.63, 3.8) is 0 Å². The van der Waals surface area contributed by atoms with Gasteiger partial charge in [0.15, 0.2) is 0 Å². The standard InChI is InChI=1S/C16H18FN3O/c1-11(2)20(15-5-3-12(8-18)4-6-15)16(21)13-7-14(17)10-19-9-13/h3-7,9-11H,8,18H2,1-2H3. The van der Waals surface area contributed by atoms with Gasteiger partial charge in [-0.3, -0.25) is 9.78 Å². The van der Waals surface area contributed by atoms with E-state index >= 15 is 0 Å². The third-order valence-corrected chi connectivity index (χ3v) is 3.14. The number of anilines is 1. The largest absolute Gasteiger partial charge is 0.326 e. The summed E-state index contributed by atoms with van der Waals surface area (Å²) in [5.74, 6) is -0.805. The second kappa shape index (κ2) is 6.45. The zero-order chi connectivity index (χ0) is 15.4. The van der Waals surface area contributed by atoms with Crippen molar-refractivity contribution in [2.45, 2.75) is 26.4 Å². The lowest BCUT2D eigenvalue weighted by atomic mass is 10.1. The third kappa shape index (κ3) is 3.44. The second-order valence-corrected chi connectivity index (χ2v) is 5.03. The minimum Gasteiger partial charge on any atom is -0.326 e. The van der Waals surface area contributed by atoms with E-state index in [9.17, 15) is 9.18 Å². The number of pyridine rings is 1. The lowest BCUT2D eigenvalue weighted by molar-refractivity contribution is 0.0979. The molecule has 0 aliphatic rings. The van der Waals surface area contributed by atoms with E-state index in [4.69, 9.17) is 5.73 Å². The van der Waals surface area contributed by atoms with E-state index in [1.807, 2.05) is 38.1 Å². The van der Waals surface area contributed by atoms with E-state index in [0.29, 0.717) is 6.54 Å². The van der Waals surface area contributed by atoms with Gasteiger partial charge in [0.05, 0.1) is 11.8 Å². The number of benzene rings is 1. The van der Waals surface area contributed by atoms with Crippen LogP contribution in [0, 0.1) is 5.82 Å². The number of hydrogen-bond acceptors (Lipinski definition) is 3. The molecule has 0 saturated carbocycles. The van der Waals surface area contributed by atoms with E-state index in [0.717, 1.165) is 17.4 Å². The molecule has 4 nitrogen and oxygen atoms in total. The molecule has 2 N–H and O–H groups in total. The number of carbonyl (C=O) groups excluding carboxylic acids is 1. The zero-order valence-electron chi connectivity index (χ0n) is 12.1. The Kier molecular flexibility index (Phi) is 4.65. The highest BCUT2D eigenvalue weighted by Gasteiger charge is 2.21. The SMILES string of the molecule is CC(C)N(C(=O)c1cncc(F)c1)c1ccc(CN)cc1. The van der Waals surface area contributed by atoms with Gasteiger partial charge in [-0.25, -0.2) is 4.39 Å². The summed E-state index contributed by atoms with van der Waals surface area (Å²) >= 11 is 0. The minimum atomic E-state index is -0.525. The number of carbonyl (C=O) groups is 1. The summed E-state index contributed by atoms with van der Waals surface area (Å²) in [7, 11) is 0.